The van der Waals surface area contributed by atoms with E-state index in [-0.39, 0.29) is 19.1 Å². The molecule has 0 saturated heterocycles. The van der Waals surface area contributed by atoms with Crippen molar-refractivity contribution in [3.63, 3.8) is 0 Å². The molecular weight excluding hydrogens is 234 g/mol. The van der Waals surface area contributed by atoms with Gasteiger partial charge in [-0.3, -0.25) is 9.59 Å². The van der Waals surface area contributed by atoms with Crippen LogP contribution in [-0.2, 0) is 14.3 Å². The van der Waals surface area contributed by atoms with E-state index in [1.54, 1.807) is 31.2 Å². The molecule has 18 heavy (non-hydrogen) atoms. The molecule has 1 aromatic rings. The molecule has 0 saturated carbocycles. The molecule has 0 fully saturated rings. The molecule has 0 spiro atoms. The van der Waals surface area contributed by atoms with Crippen molar-refractivity contribution in [3.05, 3.63) is 35.9 Å². The molecule has 0 heterocycles. The second-order valence-corrected chi connectivity index (χ2v) is 3.74. The summed E-state index contributed by atoms with van der Waals surface area (Å²) in [5, 5.41) is 11.7. The van der Waals surface area contributed by atoms with Gasteiger partial charge in [0.1, 0.15) is 6.61 Å². The molecule has 1 atom stereocenters. The summed E-state index contributed by atoms with van der Waals surface area (Å²) in [6.45, 7) is 2.26. The molecule has 1 unspecified atom stereocenters. The summed E-state index contributed by atoms with van der Waals surface area (Å²) in [4.78, 5) is 22.5. The first-order valence-electron chi connectivity index (χ1n) is 5.77. The van der Waals surface area contributed by atoms with Crippen LogP contribution in [0.25, 0.3) is 0 Å². The maximum Gasteiger partial charge on any atom is 0.312 e. The van der Waals surface area contributed by atoms with Gasteiger partial charge in [-0.2, -0.15) is 0 Å². The van der Waals surface area contributed by atoms with Crippen LogP contribution < -0.4 is 5.32 Å². The molecule has 2 N–H and O–H groups in total. The van der Waals surface area contributed by atoms with E-state index in [4.69, 9.17) is 9.84 Å². The molecule has 0 aliphatic rings. The largest absolute Gasteiger partial charge is 0.481 e. The van der Waals surface area contributed by atoms with Gasteiger partial charge in [0.25, 0.3) is 0 Å². The Labute approximate surface area is 106 Å². The van der Waals surface area contributed by atoms with Crippen molar-refractivity contribution in [1.82, 2.24) is 5.32 Å². The highest BCUT2D eigenvalue weighted by molar-refractivity contribution is 5.80. The molecule has 1 amide bonds. The number of carbonyl (C=O) groups is 2. The lowest BCUT2D eigenvalue weighted by atomic mass is 9.99. The monoisotopic (exact) mass is 251 g/mol. The van der Waals surface area contributed by atoms with Gasteiger partial charge in [-0.25, -0.2) is 0 Å². The van der Waals surface area contributed by atoms with Crippen LogP contribution in [0.1, 0.15) is 18.4 Å². The number of carboxylic acid groups (broad SMARTS) is 1. The smallest absolute Gasteiger partial charge is 0.312 e. The Morgan fingerprint density at radius 2 is 2.00 bits per heavy atom. The van der Waals surface area contributed by atoms with E-state index >= 15 is 0 Å². The summed E-state index contributed by atoms with van der Waals surface area (Å²) in [5.41, 5.74) is 0.668. The minimum Gasteiger partial charge on any atom is -0.481 e. The first kappa shape index (κ1) is 14.2. The maximum absolute atomic E-state index is 11.3. The van der Waals surface area contributed by atoms with Crippen molar-refractivity contribution in [1.29, 1.82) is 0 Å². The number of ether oxygens (including phenoxy) is 1. The SMILES string of the molecule is CCOCC(=O)NCC(C(=O)O)c1ccccc1. The van der Waals surface area contributed by atoms with Crippen LogP contribution in [0, 0.1) is 0 Å². The van der Waals surface area contributed by atoms with Gasteiger partial charge in [0, 0.05) is 13.2 Å². The van der Waals surface area contributed by atoms with Gasteiger partial charge < -0.3 is 15.2 Å². The predicted molar refractivity (Wildman–Crippen MR) is 66.3 cm³/mol. The third kappa shape index (κ3) is 4.55. The van der Waals surface area contributed by atoms with Crippen molar-refractivity contribution in [2.45, 2.75) is 12.8 Å². The lowest BCUT2D eigenvalue weighted by Crippen LogP contribution is -2.34. The standard InChI is InChI=1S/C13H17NO4/c1-2-18-9-12(15)14-8-11(13(16)17)10-6-4-3-5-7-10/h3-7,11H,2,8-9H2,1H3,(H,14,15)(H,16,17). The van der Waals surface area contributed by atoms with E-state index in [9.17, 15) is 9.59 Å². The van der Waals surface area contributed by atoms with Gasteiger partial charge in [-0.05, 0) is 12.5 Å². The van der Waals surface area contributed by atoms with Crippen molar-refractivity contribution in [3.8, 4) is 0 Å². The van der Waals surface area contributed by atoms with E-state index in [2.05, 4.69) is 5.32 Å². The Bertz CT molecular complexity index is 391. The maximum atomic E-state index is 11.3. The van der Waals surface area contributed by atoms with Crippen molar-refractivity contribution >= 4 is 11.9 Å². The Hall–Kier alpha value is -1.88. The topological polar surface area (TPSA) is 75.6 Å². The van der Waals surface area contributed by atoms with Gasteiger partial charge in [-0.15, -0.1) is 0 Å². The van der Waals surface area contributed by atoms with Gasteiger partial charge in [0.05, 0.1) is 5.92 Å². The number of aliphatic carboxylic acids is 1. The number of benzene rings is 1. The zero-order chi connectivity index (χ0) is 13.4. The summed E-state index contributed by atoms with van der Waals surface area (Å²) in [7, 11) is 0. The second-order valence-electron chi connectivity index (χ2n) is 3.74. The summed E-state index contributed by atoms with van der Waals surface area (Å²) < 4.78 is 4.93. The van der Waals surface area contributed by atoms with Crippen LogP contribution in [0.3, 0.4) is 0 Å². The molecule has 0 bridgehead atoms. The van der Waals surface area contributed by atoms with Crippen LogP contribution in [-0.4, -0.2) is 36.7 Å². The zero-order valence-electron chi connectivity index (χ0n) is 10.3. The minimum atomic E-state index is -0.960. The molecule has 1 rings (SSSR count). The number of nitrogens with one attached hydrogen (secondary N) is 1. The summed E-state index contributed by atoms with van der Waals surface area (Å²) in [6.07, 6.45) is 0. The fourth-order valence-electron chi connectivity index (χ4n) is 1.49. The molecule has 0 aliphatic heterocycles. The predicted octanol–water partition coefficient (Wildman–Crippen LogP) is 1.01. The first-order valence-corrected chi connectivity index (χ1v) is 5.77. The normalized spacial score (nSPS) is 11.8. The van der Waals surface area contributed by atoms with E-state index in [1.807, 2.05) is 6.07 Å². The summed E-state index contributed by atoms with van der Waals surface area (Å²) >= 11 is 0. The number of amides is 1. The fraction of sp³-hybridized carbons (Fsp3) is 0.385. The van der Waals surface area contributed by atoms with Crippen LogP contribution in [0.4, 0.5) is 0 Å². The lowest BCUT2D eigenvalue weighted by molar-refractivity contribution is -0.138. The first-order chi connectivity index (χ1) is 8.65. The van der Waals surface area contributed by atoms with Gasteiger partial charge in [-0.1, -0.05) is 30.3 Å². The second kappa shape index (κ2) is 7.45. The average Bonchev–Trinajstić information content (AvgIpc) is 2.37. The van der Waals surface area contributed by atoms with E-state index in [1.165, 1.54) is 0 Å². The Morgan fingerprint density at radius 1 is 1.33 bits per heavy atom. The molecule has 98 valence electrons. The number of carbonyl (C=O) groups excluding carboxylic acids is 1. The number of rotatable bonds is 7. The Morgan fingerprint density at radius 3 is 2.56 bits per heavy atom. The Balaban J connectivity index is 2.55. The number of carboxylic acids is 1. The quantitative estimate of drug-likeness (QED) is 0.758. The molecule has 1 aromatic carbocycles. The number of hydrogen-bond acceptors (Lipinski definition) is 3. The molecule has 0 radical (unpaired) electrons. The lowest BCUT2D eigenvalue weighted by Gasteiger charge is -2.13. The van der Waals surface area contributed by atoms with E-state index in [0.717, 1.165) is 0 Å². The Kier molecular flexibility index (Phi) is 5.87. The zero-order valence-corrected chi connectivity index (χ0v) is 10.3. The highest BCUT2D eigenvalue weighted by Gasteiger charge is 2.20. The molecule has 5 nitrogen and oxygen atoms in total. The van der Waals surface area contributed by atoms with Gasteiger partial charge >= 0.3 is 5.97 Å². The highest BCUT2D eigenvalue weighted by atomic mass is 16.5. The molecular formula is C13H17NO4. The summed E-state index contributed by atoms with van der Waals surface area (Å²) in [5.74, 6) is -2.01. The van der Waals surface area contributed by atoms with Gasteiger partial charge in [0.15, 0.2) is 0 Å². The van der Waals surface area contributed by atoms with Crippen LogP contribution >= 0.6 is 0 Å². The third-order valence-electron chi connectivity index (χ3n) is 2.44. The van der Waals surface area contributed by atoms with Crippen molar-refractivity contribution < 1.29 is 19.4 Å². The van der Waals surface area contributed by atoms with Crippen LogP contribution in [0.15, 0.2) is 30.3 Å². The minimum absolute atomic E-state index is 0.0440. The fourth-order valence-corrected chi connectivity index (χ4v) is 1.49. The van der Waals surface area contributed by atoms with Crippen molar-refractivity contribution in [2.75, 3.05) is 19.8 Å². The van der Waals surface area contributed by atoms with Crippen molar-refractivity contribution in [2.24, 2.45) is 0 Å². The van der Waals surface area contributed by atoms with E-state index < -0.39 is 11.9 Å². The van der Waals surface area contributed by atoms with Crippen LogP contribution in [0.2, 0.25) is 0 Å². The number of hydrogen-bond donors (Lipinski definition) is 2. The highest BCUT2D eigenvalue weighted by Crippen LogP contribution is 2.14. The molecule has 5 heteroatoms. The van der Waals surface area contributed by atoms with E-state index in [0.29, 0.717) is 12.2 Å². The van der Waals surface area contributed by atoms with Crippen LogP contribution in [0.5, 0.6) is 0 Å². The van der Waals surface area contributed by atoms with Gasteiger partial charge in [0.2, 0.25) is 5.91 Å². The average molecular weight is 251 g/mol. The third-order valence-corrected chi connectivity index (χ3v) is 2.44. The molecule has 0 aliphatic carbocycles. The summed E-state index contributed by atoms with van der Waals surface area (Å²) in [6, 6.07) is 8.82. The molecule has 0 aromatic heterocycles.